The number of hydrogen-bond donors (Lipinski definition) is 0. The van der Waals surface area contributed by atoms with Crippen molar-refractivity contribution < 1.29 is 14.3 Å². The van der Waals surface area contributed by atoms with Crippen molar-refractivity contribution >= 4 is 5.97 Å². The quantitative estimate of drug-likeness (QED) is 0.558. The standard InChI is InChI=1S/C12H14O3/c1-8(9-6-4-3-5-7-9)10-11(15-10)12(13)14-2/h3-8,10-11H,1-2H3. The molecule has 0 bridgehead atoms. The first-order chi connectivity index (χ1) is 7.24. The highest BCUT2D eigenvalue weighted by Crippen LogP contribution is 2.36. The maximum atomic E-state index is 11.2. The van der Waals surface area contributed by atoms with Crippen LogP contribution in [0.1, 0.15) is 18.4 Å². The monoisotopic (exact) mass is 206 g/mol. The molecule has 0 aromatic heterocycles. The van der Waals surface area contributed by atoms with E-state index in [2.05, 4.69) is 11.7 Å². The third-order valence-electron chi connectivity index (χ3n) is 2.78. The van der Waals surface area contributed by atoms with Crippen LogP contribution in [0.2, 0.25) is 0 Å². The second-order valence-corrected chi connectivity index (χ2v) is 3.74. The van der Waals surface area contributed by atoms with Crippen LogP contribution in [0, 0.1) is 0 Å². The van der Waals surface area contributed by atoms with Gasteiger partial charge >= 0.3 is 5.97 Å². The molecule has 0 spiro atoms. The van der Waals surface area contributed by atoms with Crippen LogP contribution in [0.4, 0.5) is 0 Å². The van der Waals surface area contributed by atoms with Gasteiger partial charge in [0.15, 0.2) is 6.10 Å². The van der Waals surface area contributed by atoms with Gasteiger partial charge in [-0.15, -0.1) is 0 Å². The number of esters is 1. The Labute approximate surface area is 89.0 Å². The van der Waals surface area contributed by atoms with Crippen molar-refractivity contribution in [3.8, 4) is 0 Å². The summed E-state index contributed by atoms with van der Waals surface area (Å²) in [6.07, 6.45) is -0.398. The van der Waals surface area contributed by atoms with E-state index in [1.54, 1.807) is 0 Å². The minimum absolute atomic E-state index is 0.0279. The van der Waals surface area contributed by atoms with E-state index >= 15 is 0 Å². The summed E-state index contributed by atoms with van der Waals surface area (Å²) in [7, 11) is 1.38. The highest BCUT2D eigenvalue weighted by molar-refractivity contribution is 5.78. The van der Waals surface area contributed by atoms with Crippen LogP contribution in [-0.2, 0) is 14.3 Å². The lowest BCUT2D eigenvalue weighted by molar-refractivity contribution is -0.142. The molecule has 1 aliphatic rings. The van der Waals surface area contributed by atoms with E-state index in [0.717, 1.165) is 0 Å². The number of carbonyl (C=O) groups excluding carboxylic acids is 1. The van der Waals surface area contributed by atoms with Gasteiger partial charge in [-0.25, -0.2) is 4.79 Å². The van der Waals surface area contributed by atoms with Crippen molar-refractivity contribution in [1.82, 2.24) is 0 Å². The molecule has 0 radical (unpaired) electrons. The van der Waals surface area contributed by atoms with E-state index in [9.17, 15) is 4.79 Å². The normalized spacial score (nSPS) is 25.7. The third kappa shape index (κ3) is 2.02. The molecule has 80 valence electrons. The average Bonchev–Trinajstić information content (AvgIpc) is 3.08. The Hall–Kier alpha value is -1.35. The smallest absolute Gasteiger partial charge is 0.337 e. The fraction of sp³-hybridized carbons (Fsp3) is 0.417. The zero-order chi connectivity index (χ0) is 10.8. The Kier molecular flexibility index (Phi) is 2.73. The molecule has 3 unspecified atom stereocenters. The molecule has 0 saturated carbocycles. The number of epoxide rings is 1. The fourth-order valence-electron chi connectivity index (χ4n) is 1.76. The van der Waals surface area contributed by atoms with E-state index in [0.29, 0.717) is 0 Å². The first-order valence-corrected chi connectivity index (χ1v) is 5.02. The van der Waals surface area contributed by atoms with Crippen LogP contribution in [0.25, 0.3) is 0 Å². The molecule has 3 heteroatoms. The Morgan fingerprint density at radius 3 is 2.67 bits per heavy atom. The van der Waals surface area contributed by atoms with Crippen molar-refractivity contribution in [1.29, 1.82) is 0 Å². The van der Waals surface area contributed by atoms with Gasteiger partial charge < -0.3 is 9.47 Å². The summed E-state index contributed by atoms with van der Waals surface area (Å²) < 4.78 is 9.94. The molecule has 1 heterocycles. The second-order valence-electron chi connectivity index (χ2n) is 3.74. The zero-order valence-corrected chi connectivity index (χ0v) is 8.84. The average molecular weight is 206 g/mol. The minimum Gasteiger partial charge on any atom is -0.467 e. The molecule has 0 N–H and O–H groups in total. The van der Waals surface area contributed by atoms with E-state index in [1.165, 1.54) is 12.7 Å². The fourth-order valence-corrected chi connectivity index (χ4v) is 1.76. The van der Waals surface area contributed by atoms with Crippen molar-refractivity contribution in [3.05, 3.63) is 35.9 Å². The molecule has 3 atom stereocenters. The first-order valence-electron chi connectivity index (χ1n) is 5.02. The van der Waals surface area contributed by atoms with Crippen molar-refractivity contribution in [2.45, 2.75) is 25.0 Å². The van der Waals surface area contributed by atoms with Gasteiger partial charge in [0.25, 0.3) is 0 Å². The number of hydrogen-bond acceptors (Lipinski definition) is 3. The molecule has 15 heavy (non-hydrogen) atoms. The van der Waals surface area contributed by atoms with Gasteiger partial charge in [0.2, 0.25) is 0 Å². The van der Waals surface area contributed by atoms with E-state index in [-0.39, 0.29) is 24.1 Å². The summed E-state index contributed by atoms with van der Waals surface area (Å²) in [4.78, 5) is 11.2. The summed E-state index contributed by atoms with van der Waals surface area (Å²) in [5.41, 5.74) is 1.19. The van der Waals surface area contributed by atoms with E-state index in [1.807, 2.05) is 30.3 Å². The lowest BCUT2D eigenvalue weighted by atomic mass is 9.96. The lowest BCUT2D eigenvalue weighted by Gasteiger charge is -2.07. The third-order valence-corrected chi connectivity index (χ3v) is 2.78. The molecular weight excluding hydrogens is 192 g/mol. The van der Waals surface area contributed by atoms with Crippen LogP contribution in [0.3, 0.4) is 0 Å². The summed E-state index contributed by atoms with van der Waals surface area (Å²) in [6.45, 7) is 2.06. The minimum atomic E-state index is -0.370. The molecule has 1 aromatic rings. The van der Waals surface area contributed by atoms with E-state index in [4.69, 9.17) is 4.74 Å². The number of benzene rings is 1. The molecule has 1 fully saturated rings. The summed E-state index contributed by atoms with van der Waals surface area (Å²) >= 11 is 0. The van der Waals surface area contributed by atoms with Gasteiger partial charge in [0.05, 0.1) is 7.11 Å². The topological polar surface area (TPSA) is 38.8 Å². The number of methoxy groups -OCH3 is 1. The zero-order valence-electron chi connectivity index (χ0n) is 8.84. The van der Waals surface area contributed by atoms with Crippen molar-refractivity contribution in [3.63, 3.8) is 0 Å². The maximum absolute atomic E-state index is 11.2. The predicted molar refractivity (Wildman–Crippen MR) is 55.5 cm³/mol. The van der Waals surface area contributed by atoms with Crippen LogP contribution in [0.15, 0.2) is 30.3 Å². The van der Waals surface area contributed by atoms with Gasteiger partial charge in [-0.2, -0.15) is 0 Å². The Bertz CT molecular complexity index is 347. The summed E-state index contributed by atoms with van der Waals surface area (Å²) in [5.74, 6) is -0.0434. The highest BCUT2D eigenvalue weighted by atomic mass is 16.6. The Morgan fingerprint density at radius 1 is 1.40 bits per heavy atom. The molecule has 1 saturated heterocycles. The van der Waals surface area contributed by atoms with Crippen LogP contribution in [-0.4, -0.2) is 25.3 Å². The molecule has 3 nitrogen and oxygen atoms in total. The van der Waals surface area contributed by atoms with Gasteiger partial charge in [0, 0.05) is 5.92 Å². The first kappa shape index (κ1) is 10.2. The molecule has 0 aliphatic carbocycles. The van der Waals surface area contributed by atoms with Gasteiger partial charge in [-0.3, -0.25) is 0 Å². The number of rotatable bonds is 3. The van der Waals surface area contributed by atoms with E-state index < -0.39 is 0 Å². The largest absolute Gasteiger partial charge is 0.467 e. The van der Waals surface area contributed by atoms with Gasteiger partial charge in [0.1, 0.15) is 6.10 Å². The summed E-state index contributed by atoms with van der Waals surface area (Å²) in [6, 6.07) is 10.0. The van der Waals surface area contributed by atoms with Gasteiger partial charge in [-0.05, 0) is 5.56 Å². The molecular formula is C12H14O3. The Morgan fingerprint density at radius 2 is 2.07 bits per heavy atom. The van der Waals surface area contributed by atoms with Crippen molar-refractivity contribution in [2.75, 3.05) is 7.11 Å². The van der Waals surface area contributed by atoms with Gasteiger partial charge in [-0.1, -0.05) is 37.3 Å². The lowest BCUT2D eigenvalue weighted by Crippen LogP contribution is -2.14. The molecule has 0 amide bonds. The predicted octanol–water partition coefficient (Wildman–Crippen LogP) is 1.73. The molecule has 1 aliphatic heterocycles. The van der Waals surface area contributed by atoms with Crippen LogP contribution in [0.5, 0.6) is 0 Å². The SMILES string of the molecule is COC(=O)C1OC1C(C)c1ccccc1. The summed E-state index contributed by atoms with van der Waals surface area (Å²) in [5, 5.41) is 0. The second kappa shape index (κ2) is 4.03. The molecule has 1 aromatic carbocycles. The van der Waals surface area contributed by atoms with Crippen molar-refractivity contribution in [2.24, 2.45) is 0 Å². The number of carbonyl (C=O) groups is 1. The van der Waals surface area contributed by atoms with Crippen LogP contribution < -0.4 is 0 Å². The highest BCUT2D eigenvalue weighted by Gasteiger charge is 2.49. The molecule has 2 rings (SSSR count). The van der Waals surface area contributed by atoms with Crippen LogP contribution >= 0.6 is 0 Å². The maximum Gasteiger partial charge on any atom is 0.337 e. The number of ether oxygens (including phenoxy) is 2. The Balaban J connectivity index is 2.00.